The summed E-state index contributed by atoms with van der Waals surface area (Å²) in [6.07, 6.45) is -0.522. The van der Waals surface area contributed by atoms with Crippen molar-refractivity contribution < 1.29 is 31.9 Å². The largest absolute Gasteiger partial charge is 0.481 e. The molecular weight excluding hydrogens is 344 g/mol. The van der Waals surface area contributed by atoms with Gasteiger partial charge in [-0.3, -0.25) is 9.59 Å². The maximum atomic E-state index is 13.9. The normalized spacial score (nSPS) is 11.0. The molecule has 0 aliphatic carbocycles. The van der Waals surface area contributed by atoms with Gasteiger partial charge in [-0.25, -0.2) is 17.6 Å². The Hall–Kier alpha value is -3.16. The Balaban J connectivity index is 2.37. The van der Waals surface area contributed by atoms with Gasteiger partial charge in [-0.15, -0.1) is 0 Å². The second-order valence-electron chi connectivity index (χ2n) is 5.18. The number of para-hydroxylation sites is 1. The van der Waals surface area contributed by atoms with Crippen LogP contribution in [0.2, 0.25) is 0 Å². The predicted molar refractivity (Wildman–Crippen MR) is 79.1 cm³/mol. The van der Waals surface area contributed by atoms with Crippen LogP contribution in [0.25, 0.3) is 22.3 Å². The molecule has 128 valence electrons. The molecule has 0 unspecified atom stereocenters. The fourth-order valence-electron chi connectivity index (χ4n) is 2.45. The number of benzene rings is 2. The molecule has 25 heavy (non-hydrogen) atoms. The molecule has 0 bridgehead atoms. The average molecular weight is 352 g/mol. The molecule has 0 fully saturated rings. The van der Waals surface area contributed by atoms with Crippen LogP contribution in [0.3, 0.4) is 0 Å². The number of carbonyl (C=O) groups is 1. The van der Waals surface area contributed by atoms with Crippen LogP contribution in [0, 0.1) is 23.3 Å². The lowest BCUT2D eigenvalue weighted by atomic mass is 10.1. The Morgan fingerprint density at radius 1 is 1.04 bits per heavy atom. The summed E-state index contributed by atoms with van der Waals surface area (Å²) in [4.78, 5) is 23.1. The second kappa shape index (κ2) is 6.04. The van der Waals surface area contributed by atoms with Crippen LogP contribution >= 0.6 is 0 Å². The first-order valence-corrected chi connectivity index (χ1v) is 6.90. The molecule has 0 amide bonds. The number of halogens is 4. The van der Waals surface area contributed by atoms with Crippen LogP contribution in [0.1, 0.15) is 5.56 Å². The van der Waals surface area contributed by atoms with E-state index in [-0.39, 0.29) is 22.6 Å². The molecule has 0 saturated heterocycles. The smallest absolute Gasteiger partial charge is 0.307 e. The van der Waals surface area contributed by atoms with Crippen LogP contribution in [-0.2, 0) is 11.2 Å². The molecule has 0 atom stereocenters. The highest BCUT2D eigenvalue weighted by molar-refractivity contribution is 5.85. The van der Waals surface area contributed by atoms with Gasteiger partial charge in [0.1, 0.15) is 11.3 Å². The Morgan fingerprint density at radius 2 is 1.68 bits per heavy atom. The average Bonchev–Trinajstić information content (AvgIpc) is 2.54. The first-order valence-electron chi connectivity index (χ1n) is 6.90. The van der Waals surface area contributed by atoms with Gasteiger partial charge in [-0.2, -0.15) is 0 Å². The summed E-state index contributed by atoms with van der Waals surface area (Å²) in [7, 11) is 0. The third kappa shape index (κ3) is 2.86. The summed E-state index contributed by atoms with van der Waals surface area (Å²) < 4.78 is 59.9. The Morgan fingerprint density at radius 3 is 2.28 bits per heavy atom. The van der Waals surface area contributed by atoms with E-state index in [1.807, 2.05) is 0 Å². The van der Waals surface area contributed by atoms with Crippen molar-refractivity contribution in [3.05, 3.63) is 69.4 Å². The first-order chi connectivity index (χ1) is 11.8. The molecule has 3 rings (SSSR count). The molecular formula is C17H8F4O4. The number of rotatable bonds is 3. The summed E-state index contributed by atoms with van der Waals surface area (Å²) in [6.45, 7) is 0. The van der Waals surface area contributed by atoms with Gasteiger partial charge in [0, 0.05) is 17.7 Å². The van der Waals surface area contributed by atoms with E-state index < -0.39 is 52.4 Å². The SMILES string of the molecule is O=C(O)Cc1cccc2c(=O)cc(-c3c(F)c(F)cc(F)c3F)oc12. The lowest BCUT2D eigenvalue weighted by molar-refractivity contribution is -0.136. The van der Waals surface area contributed by atoms with Crippen molar-refractivity contribution >= 4 is 16.9 Å². The van der Waals surface area contributed by atoms with Crippen LogP contribution in [0.5, 0.6) is 0 Å². The Kier molecular flexibility index (Phi) is 4.03. The summed E-state index contributed by atoms with van der Waals surface area (Å²) >= 11 is 0. The minimum absolute atomic E-state index is 0.0276. The van der Waals surface area contributed by atoms with Gasteiger partial charge < -0.3 is 9.52 Å². The molecule has 0 aliphatic heterocycles. The molecule has 1 aromatic heterocycles. The minimum atomic E-state index is -1.72. The van der Waals surface area contributed by atoms with Crippen molar-refractivity contribution in [1.82, 2.24) is 0 Å². The van der Waals surface area contributed by atoms with E-state index in [0.717, 1.165) is 0 Å². The summed E-state index contributed by atoms with van der Waals surface area (Å²) in [5.74, 6) is -8.74. The van der Waals surface area contributed by atoms with Crippen molar-refractivity contribution in [1.29, 1.82) is 0 Å². The monoisotopic (exact) mass is 352 g/mol. The van der Waals surface area contributed by atoms with E-state index in [4.69, 9.17) is 9.52 Å². The quantitative estimate of drug-likeness (QED) is 0.577. The van der Waals surface area contributed by atoms with E-state index in [0.29, 0.717) is 6.07 Å². The van der Waals surface area contributed by atoms with E-state index >= 15 is 0 Å². The number of hydrogen-bond donors (Lipinski definition) is 1. The van der Waals surface area contributed by atoms with Gasteiger partial charge in [0.2, 0.25) is 0 Å². The second-order valence-corrected chi connectivity index (χ2v) is 5.18. The molecule has 0 radical (unpaired) electrons. The third-order valence-electron chi connectivity index (χ3n) is 3.54. The summed E-state index contributed by atoms with van der Waals surface area (Å²) in [5.41, 5.74) is -2.08. The highest BCUT2D eigenvalue weighted by atomic mass is 19.2. The van der Waals surface area contributed by atoms with E-state index in [2.05, 4.69) is 0 Å². The number of carboxylic acid groups (broad SMARTS) is 1. The van der Waals surface area contributed by atoms with Gasteiger partial charge >= 0.3 is 5.97 Å². The number of hydrogen-bond acceptors (Lipinski definition) is 3. The van der Waals surface area contributed by atoms with Crippen LogP contribution in [-0.4, -0.2) is 11.1 Å². The fourth-order valence-corrected chi connectivity index (χ4v) is 2.45. The van der Waals surface area contributed by atoms with Gasteiger partial charge in [-0.05, 0) is 6.07 Å². The molecule has 1 N–H and O–H groups in total. The van der Waals surface area contributed by atoms with E-state index in [9.17, 15) is 27.2 Å². The lowest BCUT2D eigenvalue weighted by Crippen LogP contribution is -2.07. The highest BCUT2D eigenvalue weighted by Crippen LogP contribution is 2.31. The zero-order valence-corrected chi connectivity index (χ0v) is 12.3. The number of fused-ring (bicyclic) bond motifs is 1. The van der Waals surface area contributed by atoms with Crippen molar-refractivity contribution in [2.24, 2.45) is 0 Å². The molecule has 0 saturated carbocycles. The van der Waals surface area contributed by atoms with Crippen molar-refractivity contribution in [2.75, 3.05) is 0 Å². The lowest BCUT2D eigenvalue weighted by Gasteiger charge is -2.09. The van der Waals surface area contributed by atoms with Crippen LogP contribution < -0.4 is 5.43 Å². The summed E-state index contributed by atoms with van der Waals surface area (Å²) in [5, 5.41) is 8.88. The maximum absolute atomic E-state index is 13.9. The zero-order valence-electron chi connectivity index (χ0n) is 12.3. The number of carboxylic acids is 1. The Bertz CT molecular complexity index is 1050. The maximum Gasteiger partial charge on any atom is 0.307 e. The van der Waals surface area contributed by atoms with Gasteiger partial charge in [-0.1, -0.05) is 12.1 Å². The van der Waals surface area contributed by atoms with E-state index in [1.54, 1.807) is 0 Å². The molecule has 0 aliphatic rings. The number of aliphatic carboxylic acids is 1. The van der Waals surface area contributed by atoms with Crippen LogP contribution in [0.15, 0.2) is 39.5 Å². The Labute approximate surface area is 136 Å². The summed E-state index contributed by atoms with van der Waals surface area (Å²) in [6, 6.07) is 4.81. The van der Waals surface area contributed by atoms with Crippen molar-refractivity contribution in [3.8, 4) is 11.3 Å². The van der Waals surface area contributed by atoms with Gasteiger partial charge in [0.05, 0.1) is 17.4 Å². The molecule has 8 heteroatoms. The van der Waals surface area contributed by atoms with Crippen LogP contribution in [0.4, 0.5) is 17.6 Å². The molecule has 4 nitrogen and oxygen atoms in total. The highest BCUT2D eigenvalue weighted by Gasteiger charge is 2.23. The topological polar surface area (TPSA) is 67.5 Å². The van der Waals surface area contributed by atoms with Crippen molar-refractivity contribution in [2.45, 2.75) is 6.42 Å². The zero-order chi connectivity index (χ0) is 18.3. The minimum Gasteiger partial charge on any atom is -0.481 e. The van der Waals surface area contributed by atoms with Gasteiger partial charge in [0.15, 0.2) is 28.7 Å². The molecule has 1 heterocycles. The first kappa shape index (κ1) is 16.7. The van der Waals surface area contributed by atoms with Gasteiger partial charge in [0.25, 0.3) is 0 Å². The predicted octanol–water partition coefficient (Wildman–Crippen LogP) is 3.64. The molecule has 0 spiro atoms. The standard InChI is InChI=1S/C17H8F4O4/c18-9-5-10(19)16(21)14(15(9)20)12-6-11(22)8-3-1-2-7(4-13(23)24)17(8)25-12/h1-3,5-6H,4H2,(H,23,24). The van der Waals surface area contributed by atoms with E-state index in [1.165, 1.54) is 18.2 Å². The molecule has 3 aromatic rings. The fraction of sp³-hybridized carbons (Fsp3) is 0.0588. The molecule has 2 aromatic carbocycles. The van der Waals surface area contributed by atoms with Crippen molar-refractivity contribution in [3.63, 3.8) is 0 Å². The third-order valence-corrected chi connectivity index (χ3v) is 3.54.